The van der Waals surface area contributed by atoms with E-state index in [-0.39, 0.29) is 52.4 Å². The van der Waals surface area contributed by atoms with Crippen molar-refractivity contribution >= 4 is 61.7 Å². The van der Waals surface area contributed by atoms with Crippen LogP contribution in [0.5, 0.6) is 0 Å². The molecule has 1 amide bonds. The third kappa shape index (κ3) is 5.36. The molecule has 15 nitrogen and oxygen atoms in total. The summed E-state index contributed by atoms with van der Waals surface area (Å²) in [5, 5.41) is 32.4. The molecule has 5 atom stereocenters. The first-order valence-corrected chi connectivity index (χ1v) is 13.1. The highest BCUT2D eigenvalue weighted by Gasteiger charge is 2.50. The quantitative estimate of drug-likeness (QED) is 0.0996. The Morgan fingerprint density at radius 1 is 1.38 bits per heavy atom. The Bertz CT molecular complexity index is 1380. The smallest absolute Gasteiger partial charge is 0.423 e. The number of nitrogens with zero attached hydrogens (tertiary/aromatic N) is 3. The number of nitrogen functional groups attached to an aromatic ring is 1. The van der Waals surface area contributed by atoms with Crippen molar-refractivity contribution in [1.29, 1.82) is 0 Å². The molecule has 2 aliphatic heterocycles. The van der Waals surface area contributed by atoms with Crippen molar-refractivity contribution in [1.82, 2.24) is 19.5 Å². The third-order valence-corrected chi connectivity index (χ3v) is 7.44. The molecule has 2 fully saturated rings. The van der Waals surface area contributed by atoms with E-state index in [1.807, 2.05) is 0 Å². The number of carbonyl (C=O) groups excluding carboxylic acids is 1. The molecule has 8 N–H and O–H groups in total. The van der Waals surface area contributed by atoms with Gasteiger partial charge in [0.25, 0.3) is 5.56 Å². The van der Waals surface area contributed by atoms with E-state index in [0.717, 1.165) is 11.8 Å². The maximum Gasteiger partial charge on any atom is 0.488 e. The molecular weight excluding hydrogens is 530 g/mol. The largest absolute Gasteiger partial charge is 0.488 e. The van der Waals surface area contributed by atoms with Gasteiger partial charge in [-0.05, 0) is 17.6 Å². The van der Waals surface area contributed by atoms with Crippen molar-refractivity contribution in [3.63, 3.8) is 0 Å². The average Bonchev–Trinajstić information content (AvgIpc) is 3.36. The topological polar surface area (TPSA) is 227 Å². The lowest BCUT2D eigenvalue weighted by Crippen LogP contribution is -2.38. The predicted molar refractivity (Wildman–Crippen MR) is 133 cm³/mol. The van der Waals surface area contributed by atoms with E-state index in [1.165, 1.54) is 16.7 Å². The summed E-state index contributed by atoms with van der Waals surface area (Å²) in [5.74, 6) is -0.277. The number of ether oxygens (including phenoxy) is 1. The van der Waals surface area contributed by atoms with Crippen LogP contribution in [0.25, 0.3) is 11.2 Å². The molecule has 0 saturated carbocycles. The van der Waals surface area contributed by atoms with Gasteiger partial charge in [-0.25, -0.2) is 4.98 Å². The van der Waals surface area contributed by atoms with Crippen LogP contribution in [0, 0.1) is 0 Å². The Labute approximate surface area is 214 Å². The number of anilines is 2. The number of hydrogen-bond acceptors (Lipinski definition) is 13. The maximum absolute atomic E-state index is 12.5. The van der Waals surface area contributed by atoms with Crippen LogP contribution in [-0.2, 0) is 18.6 Å². The van der Waals surface area contributed by atoms with Gasteiger partial charge in [0, 0.05) is 17.9 Å². The fraction of sp³-hybridized carbons (Fsp3) is 0.368. The zero-order chi connectivity index (χ0) is 26.3. The van der Waals surface area contributed by atoms with Crippen LogP contribution in [0.2, 0.25) is 0 Å². The minimum absolute atomic E-state index is 0.000365. The van der Waals surface area contributed by atoms with Gasteiger partial charge in [-0.1, -0.05) is 23.9 Å². The third-order valence-electron chi connectivity index (χ3n) is 5.69. The average molecular weight is 552 g/mol. The molecule has 0 bridgehead atoms. The van der Waals surface area contributed by atoms with Crippen molar-refractivity contribution in [2.24, 2.45) is 0 Å². The summed E-state index contributed by atoms with van der Waals surface area (Å²) in [6.45, 7) is 0.000365. The van der Waals surface area contributed by atoms with Crippen molar-refractivity contribution < 1.29 is 38.6 Å². The number of nitrogens with one attached hydrogen (secondary N) is 2. The molecule has 18 heteroatoms. The summed E-state index contributed by atoms with van der Waals surface area (Å²) >= 11 is 1.13. The lowest BCUT2D eigenvalue weighted by atomic mass is 9.80. The second kappa shape index (κ2) is 10.6. The molecule has 5 rings (SSSR count). The number of fused-ring (bicyclic) bond motifs is 2. The number of aliphatic hydroxyl groups excluding tert-OH is 1. The van der Waals surface area contributed by atoms with Crippen molar-refractivity contribution in [2.45, 2.75) is 36.1 Å². The standard InChI is InChI=1S/C19H22BN6O9PS/c21-18-24-15-12(16(29)25-18)23-19(26(15)17-13(28)14-10(34-17)7-33-36(32)35-14)37-5-4-11(27)22-9-3-1-2-8(6-9)20(30)31/h1-3,6,10,13-14,17,28,30-32H,4-5,7H2,(H,22,27)(H3,21,24,25,29). The van der Waals surface area contributed by atoms with Crippen LogP contribution in [0.3, 0.4) is 0 Å². The van der Waals surface area contributed by atoms with Crippen LogP contribution in [0.15, 0.2) is 34.2 Å². The Hall–Kier alpha value is -2.60. The minimum Gasteiger partial charge on any atom is -0.423 e. The van der Waals surface area contributed by atoms with E-state index < -0.39 is 45.8 Å². The van der Waals surface area contributed by atoms with Gasteiger partial charge >= 0.3 is 15.7 Å². The molecule has 0 spiro atoms. The van der Waals surface area contributed by atoms with E-state index in [1.54, 1.807) is 12.1 Å². The van der Waals surface area contributed by atoms with Gasteiger partial charge < -0.3 is 44.9 Å². The molecule has 196 valence electrons. The van der Waals surface area contributed by atoms with E-state index in [9.17, 15) is 29.6 Å². The zero-order valence-electron chi connectivity index (χ0n) is 18.9. The van der Waals surface area contributed by atoms with Crippen LogP contribution < -0.4 is 22.1 Å². The number of H-pyrrole nitrogens is 1. The SMILES string of the molecule is Nc1nc2c(nc(SCCC(=O)Nc3cccc(B(O)O)c3)n2C2OC3COP(O)OC3C2O)c(=O)[nH]1. The Kier molecular flexibility index (Phi) is 7.49. The number of carbonyl (C=O) groups is 1. The Morgan fingerprint density at radius 2 is 2.19 bits per heavy atom. The second-order valence-corrected chi connectivity index (χ2v) is 10.2. The molecule has 0 radical (unpaired) electrons. The van der Waals surface area contributed by atoms with Gasteiger partial charge in [0.05, 0.1) is 6.61 Å². The zero-order valence-corrected chi connectivity index (χ0v) is 20.6. The fourth-order valence-corrected chi connectivity index (χ4v) is 5.78. The first-order chi connectivity index (χ1) is 17.7. The number of hydrogen-bond donors (Lipinski definition) is 7. The van der Waals surface area contributed by atoms with Gasteiger partial charge in [-0.2, -0.15) is 4.98 Å². The van der Waals surface area contributed by atoms with Gasteiger partial charge in [-0.15, -0.1) is 0 Å². The summed E-state index contributed by atoms with van der Waals surface area (Å²) in [4.78, 5) is 45.5. The summed E-state index contributed by atoms with van der Waals surface area (Å²) < 4.78 is 17.8. The molecule has 3 aromatic rings. The molecule has 2 aliphatic rings. The van der Waals surface area contributed by atoms with Crippen LogP contribution in [-0.4, -0.2) is 83.3 Å². The van der Waals surface area contributed by atoms with E-state index >= 15 is 0 Å². The Morgan fingerprint density at radius 3 is 2.97 bits per heavy atom. The number of aliphatic hydroxyl groups is 1. The fourth-order valence-electron chi connectivity index (χ4n) is 4.02. The molecule has 5 unspecified atom stereocenters. The molecular formula is C19H22BN6O9PS. The number of imidazole rings is 1. The number of aromatic nitrogens is 4. The van der Waals surface area contributed by atoms with Gasteiger partial charge in [0.1, 0.15) is 18.3 Å². The highest BCUT2D eigenvalue weighted by Crippen LogP contribution is 2.47. The van der Waals surface area contributed by atoms with Gasteiger partial charge in [0.2, 0.25) is 11.9 Å². The maximum atomic E-state index is 12.5. The normalized spacial score (nSPS) is 25.2. The number of amides is 1. The minimum atomic E-state index is -2.16. The summed E-state index contributed by atoms with van der Waals surface area (Å²) in [5.41, 5.74) is 5.82. The number of aromatic amines is 1. The van der Waals surface area contributed by atoms with E-state index in [0.29, 0.717) is 5.69 Å². The molecule has 37 heavy (non-hydrogen) atoms. The lowest BCUT2D eigenvalue weighted by Gasteiger charge is -2.27. The summed E-state index contributed by atoms with van der Waals surface area (Å²) in [6, 6.07) is 6.15. The molecule has 2 saturated heterocycles. The Balaban J connectivity index is 1.35. The monoisotopic (exact) mass is 552 g/mol. The number of nitrogens with two attached hydrogens (primary N) is 1. The number of thioether (sulfide) groups is 1. The number of rotatable bonds is 7. The van der Waals surface area contributed by atoms with Crippen molar-refractivity contribution in [3.8, 4) is 0 Å². The van der Waals surface area contributed by atoms with Crippen LogP contribution in [0.4, 0.5) is 11.6 Å². The van der Waals surface area contributed by atoms with Gasteiger partial charge in [0.15, 0.2) is 22.5 Å². The highest BCUT2D eigenvalue weighted by atomic mass is 32.2. The highest BCUT2D eigenvalue weighted by molar-refractivity contribution is 7.99. The number of benzene rings is 1. The molecule has 4 heterocycles. The first-order valence-electron chi connectivity index (χ1n) is 11.0. The lowest BCUT2D eigenvalue weighted by molar-refractivity contribution is -0.115. The molecule has 1 aromatic carbocycles. The van der Waals surface area contributed by atoms with Crippen molar-refractivity contribution in [2.75, 3.05) is 23.4 Å². The van der Waals surface area contributed by atoms with E-state index in [2.05, 4.69) is 20.3 Å². The van der Waals surface area contributed by atoms with Gasteiger partial charge in [-0.3, -0.25) is 19.1 Å². The second-order valence-electron chi connectivity index (χ2n) is 8.19. The van der Waals surface area contributed by atoms with Crippen LogP contribution in [0.1, 0.15) is 12.6 Å². The molecule has 2 aromatic heterocycles. The first kappa shape index (κ1) is 26.0. The summed E-state index contributed by atoms with van der Waals surface area (Å²) in [7, 11) is -3.82. The predicted octanol–water partition coefficient (Wildman–Crippen LogP) is -1.60. The van der Waals surface area contributed by atoms with Crippen LogP contribution >= 0.6 is 20.4 Å². The van der Waals surface area contributed by atoms with Crippen molar-refractivity contribution in [3.05, 3.63) is 34.6 Å². The summed E-state index contributed by atoms with van der Waals surface area (Å²) in [6.07, 6.45) is -3.84. The molecule has 0 aliphatic carbocycles. The van der Waals surface area contributed by atoms with E-state index in [4.69, 9.17) is 19.5 Å².